The Bertz CT molecular complexity index is 535. The molecule has 0 heterocycles. The summed E-state index contributed by atoms with van der Waals surface area (Å²) in [6.07, 6.45) is 3.05. The van der Waals surface area contributed by atoms with Crippen molar-refractivity contribution in [1.82, 2.24) is 10.7 Å². The lowest BCUT2D eigenvalue weighted by Crippen LogP contribution is -2.31. The van der Waals surface area contributed by atoms with Crippen molar-refractivity contribution in [3.8, 4) is 11.5 Å². The zero-order chi connectivity index (χ0) is 14.4. The van der Waals surface area contributed by atoms with Crippen molar-refractivity contribution in [1.29, 1.82) is 0 Å². The summed E-state index contributed by atoms with van der Waals surface area (Å²) in [4.78, 5) is 0. The lowest BCUT2D eigenvalue weighted by molar-refractivity contribution is 0.442. The number of thiocarbonyl (C=S) groups is 1. The van der Waals surface area contributed by atoms with E-state index in [1.165, 1.54) is 12.3 Å². The molecule has 0 unspecified atom stereocenters. The average molecular weight is 409 g/mol. The quantitative estimate of drug-likeness (QED) is 0.266. The number of hydrogen-bond donors (Lipinski definition) is 4. The number of aromatic hydroxyl groups is 2. The highest BCUT2D eigenvalue weighted by molar-refractivity contribution is 9.11. The zero-order valence-electron chi connectivity index (χ0n) is 9.65. The Balaban J connectivity index is 2.77. The van der Waals surface area contributed by atoms with Crippen LogP contribution in [0.3, 0.4) is 0 Å². The van der Waals surface area contributed by atoms with Gasteiger partial charge in [-0.1, -0.05) is 6.08 Å². The fraction of sp³-hybridized carbons (Fsp3) is 0.0909. The van der Waals surface area contributed by atoms with Gasteiger partial charge in [-0.15, -0.1) is 6.58 Å². The second-order valence-corrected chi connectivity index (χ2v) is 5.38. The number of halogens is 2. The Morgan fingerprint density at radius 1 is 1.42 bits per heavy atom. The van der Waals surface area contributed by atoms with E-state index in [0.717, 1.165) is 0 Å². The highest BCUT2D eigenvalue weighted by Crippen LogP contribution is 2.40. The molecule has 0 aliphatic rings. The third-order valence-electron chi connectivity index (χ3n) is 1.97. The fourth-order valence-corrected chi connectivity index (χ4v) is 2.37. The number of phenols is 2. The summed E-state index contributed by atoms with van der Waals surface area (Å²) in [7, 11) is 0. The largest absolute Gasteiger partial charge is 0.506 e. The molecule has 0 radical (unpaired) electrons. The molecule has 1 aromatic rings. The van der Waals surface area contributed by atoms with E-state index in [0.29, 0.717) is 21.7 Å². The van der Waals surface area contributed by atoms with Crippen LogP contribution in [0.2, 0.25) is 0 Å². The van der Waals surface area contributed by atoms with E-state index in [1.807, 2.05) is 0 Å². The van der Waals surface area contributed by atoms with Gasteiger partial charge in [0.2, 0.25) is 0 Å². The van der Waals surface area contributed by atoms with Crippen LogP contribution < -0.4 is 10.7 Å². The van der Waals surface area contributed by atoms with Crippen molar-refractivity contribution in [2.24, 2.45) is 5.10 Å². The van der Waals surface area contributed by atoms with Gasteiger partial charge in [0.05, 0.1) is 10.7 Å². The molecule has 19 heavy (non-hydrogen) atoms. The molecule has 4 N–H and O–H groups in total. The Labute approximate surface area is 132 Å². The number of nitrogens with one attached hydrogen (secondary N) is 2. The number of rotatable bonds is 4. The van der Waals surface area contributed by atoms with Gasteiger partial charge in [-0.25, -0.2) is 0 Å². The summed E-state index contributed by atoms with van der Waals surface area (Å²) in [5.74, 6) is -0.193. The molecule has 0 saturated heterocycles. The molecule has 1 rings (SSSR count). The summed E-state index contributed by atoms with van der Waals surface area (Å²) in [6, 6.07) is 1.53. The van der Waals surface area contributed by atoms with Gasteiger partial charge in [0.15, 0.2) is 5.11 Å². The number of benzene rings is 1. The van der Waals surface area contributed by atoms with E-state index >= 15 is 0 Å². The number of nitrogens with zero attached hydrogens (tertiary/aromatic N) is 1. The third-order valence-corrected chi connectivity index (χ3v) is 3.57. The predicted molar refractivity (Wildman–Crippen MR) is 86.7 cm³/mol. The van der Waals surface area contributed by atoms with Gasteiger partial charge in [0.1, 0.15) is 16.0 Å². The molecular weight excluding hydrogens is 398 g/mol. The first-order valence-electron chi connectivity index (χ1n) is 5.05. The van der Waals surface area contributed by atoms with Crippen LogP contribution in [0.5, 0.6) is 11.5 Å². The van der Waals surface area contributed by atoms with Gasteiger partial charge >= 0.3 is 0 Å². The minimum Gasteiger partial charge on any atom is -0.506 e. The first-order valence-corrected chi connectivity index (χ1v) is 7.04. The maximum Gasteiger partial charge on any atom is 0.187 e. The van der Waals surface area contributed by atoms with Crippen LogP contribution in [0.15, 0.2) is 32.8 Å². The smallest absolute Gasteiger partial charge is 0.187 e. The monoisotopic (exact) mass is 407 g/mol. The molecule has 0 atom stereocenters. The molecule has 0 bridgehead atoms. The van der Waals surface area contributed by atoms with Crippen molar-refractivity contribution < 1.29 is 10.2 Å². The maximum atomic E-state index is 9.80. The Kier molecular flexibility index (Phi) is 6.26. The standard InChI is InChI=1S/C11H11Br2N3O2S/c1-2-3-14-11(19)16-15-5-6-4-7(12)10(18)8(13)9(6)17/h2,4-5,17-18H,1,3H2,(H2,14,16,19)/b15-5-. The van der Waals surface area contributed by atoms with E-state index in [4.69, 9.17) is 12.2 Å². The topological polar surface area (TPSA) is 76.9 Å². The molecule has 0 amide bonds. The molecule has 0 aromatic heterocycles. The van der Waals surface area contributed by atoms with E-state index in [1.54, 1.807) is 6.08 Å². The van der Waals surface area contributed by atoms with Gasteiger partial charge in [-0.2, -0.15) is 5.10 Å². The molecule has 1 aromatic carbocycles. The Morgan fingerprint density at radius 2 is 2.11 bits per heavy atom. The molecule has 5 nitrogen and oxygen atoms in total. The van der Waals surface area contributed by atoms with Gasteiger partial charge in [-0.3, -0.25) is 5.43 Å². The van der Waals surface area contributed by atoms with Crippen molar-refractivity contribution >= 4 is 55.4 Å². The summed E-state index contributed by atoms with van der Waals surface area (Å²) < 4.78 is 0.627. The minimum atomic E-state index is -0.115. The lowest BCUT2D eigenvalue weighted by atomic mass is 10.2. The summed E-state index contributed by atoms with van der Waals surface area (Å²) in [5, 5.41) is 26.4. The zero-order valence-corrected chi connectivity index (χ0v) is 13.6. The second kappa shape index (κ2) is 7.46. The van der Waals surface area contributed by atoms with Crippen molar-refractivity contribution in [2.45, 2.75) is 0 Å². The third kappa shape index (κ3) is 4.48. The van der Waals surface area contributed by atoms with E-state index in [-0.39, 0.29) is 16.0 Å². The fourth-order valence-electron chi connectivity index (χ4n) is 1.08. The van der Waals surface area contributed by atoms with Crippen LogP contribution in [-0.4, -0.2) is 28.1 Å². The van der Waals surface area contributed by atoms with Crippen LogP contribution in [0.4, 0.5) is 0 Å². The lowest BCUT2D eigenvalue weighted by Gasteiger charge is -2.07. The van der Waals surface area contributed by atoms with Gasteiger partial charge in [0.25, 0.3) is 0 Å². The molecule has 0 aliphatic heterocycles. The highest BCUT2D eigenvalue weighted by atomic mass is 79.9. The van der Waals surface area contributed by atoms with Gasteiger partial charge in [0, 0.05) is 12.1 Å². The second-order valence-electron chi connectivity index (χ2n) is 3.33. The summed E-state index contributed by atoms with van der Waals surface area (Å²) in [6.45, 7) is 4.07. The molecular formula is C11H11Br2N3O2S. The number of hydrazone groups is 1. The van der Waals surface area contributed by atoms with Gasteiger partial charge in [-0.05, 0) is 50.1 Å². The molecule has 8 heteroatoms. The first kappa shape index (κ1) is 15.9. The number of hydrogen-bond acceptors (Lipinski definition) is 4. The molecule has 0 saturated carbocycles. The van der Waals surface area contributed by atoms with E-state index in [9.17, 15) is 10.2 Å². The van der Waals surface area contributed by atoms with Gasteiger partial charge < -0.3 is 15.5 Å². The maximum absolute atomic E-state index is 9.80. The highest BCUT2D eigenvalue weighted by Gasteiger charge is 2.12. The summed E-state index contributed by atoms with van der Waals surface area (Å²) in [5.41, 5.74) is 3.00. The first-order chi connectivity index (χ1) is 8.97. The van der Waals surface area contributed by atoms with Crippen LogP contribution >= 0.6 is 44.1 Å². The van der Waals surface area contributed by atoms with E-state index < -0.39 is 0 Å². The van der Waals surface area contributed by atoms with E-state index in [2.05, 4.69) is 54.3 Å². The van der Waals surface area contributed by atoms with Crippen LogP contribution in [-0.2, 0) is 0 Å². The average Bonchev–Trinajstić information content (AvgIpc) is 2.39. The molecule has 0 fully saturated rings. The Morgan fingerprint density at radius 3 is 2.74 bits per heavy atom. The molecule has 0 spiro atoms. The SMILES string of the molecule is C=CCNC(=S)N/N=C\c1cc(Br)c(O)c(Br)c1O. The molecule has 0 aliphatic carbocycles. The number of phenolic OH excluding ortho intramolecular Hbond substituents is 2. The normalized spacial score (nSPS) is 10.4. The Hall–Kier alpha value is -1.12. The van der Waals surface area contributed by atoms with Crippen molar-refractivity contribution in [3.05, 3.63) is 33.2 Å². The van der Waals surface area contributed by atoms with Crippen LogP contribution in [0.25, 0.3) is 0 Å². The molecule has 102 valence electrons. The van der Waals surface area contributed by atoms with Crippen LogP contribution in [0.1, 0.15) is 5.56 Å². The minimum absolute atomic E-state index is 0.0780. The van der Waals surface area contributed by atoms with Crippen LogP contribution in [0, 0.1) is 0 Å². The predicted octanol–water partition coefficient (Wildman–Crippen LogP) is 2.61. The van der Waals surface area contributed by atoms with Crippen molar-refractivity contribution in [2.75, 3.05) is 6.54 Å². The summed E-state index contributed by atoms with van der Waals surface area (Å²) >= 11 is 11.2. The van der Waals surface area contributed by atoms with Crippen molar-refractivity contribution in [3.63, 3.8) is 0 Å².